The molecule has 6 N–H and O–H groups in total. The number of hydrogen-bond donors (Lipinski definition) is 5. The zero-order valence-corrected chi connectivity index (χ0v) is 29.4. The molecule has 52 heavy (non-hydrogen) atoms. The molecule has 13 nitrogen and oxygen atoms in total. The number of carbonyl (C=O) groups is 3. The number of aliphatic hydroxyl groups excluding tert-OH is 2. The first-order valence-corrected chi connectivity index (χ1v) is 17.2. The summed E-state index contributed by atoms with van der Waals surface area (Å²) in [6.45, 7) is 3.11. The van der Waals surface area contributed by atoms with Gasteiger partial charge < -0.3 is 40.4 Å². The Hall–Kier alpha value is -5.18. The molecule has 1 saturated heterocycles. The van der Waals surface area contributed by atoms with Gasteiger partial charge in [0, 0.05) is 57.5 Å². The fraction of sp³-hybridized carbons (Fsp3) is 0.395. The second-order valence-electron chi connectivity index (χ2n) is 14.5. The average molecular weight is 716 g/mol. The van der Waals surface area contributed by atoms with Gasteiger partial charge in [-0.15, -0.1) is 0 Å². The number of benzene rings is 2. The number of aliphatic hydroxyl groups is 3. The highest BCUT2D eigenvalue weighted by Crippen LogP contribution is 2.55. The summed E-state index contributed by atoms with van der Waals surface area (Å²) in [4.78, 5) is 47.5. The number of carbonyl (C=O) groups excluding carboxylic acids is 3. The Morgan fingerprint density at radius 3 is 2.37 bits per heavy atom. The van der Waals surface area contributed by atoms with Crippen molar-refractivity contribution < 1.29 is 43.6 Å². The van der Waals surface area contributed by atoms with Gasteiger partial charge in [0.15, 0.2) is 11.4 Å². The summed E-state index contributed by atoms with van der Waals surface area (Å²) in [5.41, 5.74) is 3.65. The predicted octanol–water partition coefficient (Wildman–Crippen LogP) is 2.75. The van der Waals surface area contributed by atoms with Crippen molar-refractivity contribution in [1.29, 1.82) is 0 Å². The Balaban J connectivity index is 1.23. The monoisotopic (exact) mass is 715 g/mol. The molecular formula is C38H42FN5O8. The largest absolute Gasteiger partial charge is 0.508 e. The molecule has 2 aromatic carbocycles. The summed E-state index contributed by atoms with van der Waals surface area (Å²) in [5, 5.41) is 46.7. The molecule has 2 fully saturated rings. The second kappa shape index (κ2) is 12.8. The van der Waals surface area contributed by atoms with E-state index in [1.165, 1.54) is 11.0 Å². The molecule has 4 aliphatic rings. The van der Waals surface area contributed by atoms with Crippen LogP contribution in [0.25, 0.3) is 17.1 Å². The van der Waals surface area contributed by atoms with Crippen LogP contribution in [0.3, 0.4) is 0 Å². The van der Waals surface area contributed by atoms with Crippen LogP contribution in [0, 0.1) is 17.7 Å². The van der Waals surface area contributed by atoms with Crippen LogP contribution >= 0.6 is 0 Å². The number of hydrogen-bond acceptors (Lipinski definition) is 12. The molecule has 0 radical (unpaired) electrons. The quantitative estimate of drug-likeness (QED) is 0.226. The molecule has 3 aromatic rings. The average Bonchev–Trinajstić information content (AvgIpc) is 3.54. The summed E-state index contributed by atoms with van der Waals surface area (Å²) in [5.74, 6) is -6.36. The molecule has 4 atom stereocenters. The number of phenols is 1. The van der Waals surface area contributed by atoms with Crippen molar-refractivity contribution in [3.05, 3.63) is 82.1 Å². The number of anilines is 2. The van der Waals surface area contributed by atoms with Gasteiger partial charge in [0.25, 0.3) is 5.91 Å². The van der Waals surface area contributed by atoms with Crippen molar-refractivity contribution >= 4 is 34.6 Å². The van der Waals surface area contributed by atoms with Crippen LogP contribution in [-0.4, -0.2) is 114 Å². The normalized spacial score (nSPS) is 25.0. The summed E-state index contributed by atoms with van der Waals surface area (Å²) in [6.07, 6.45) is 0.162. The zero-order valence-electron chi connectivity index (χ0n) is 29.4. The Labute approximate surface area is 299 Å². The van der Waals surface area contributed by atoms with Crippen molar-refractivity contribution in [2.75, 3.05) is 64.2 Å². The Bertz CT molecular complexity index is 2060. The topological polar surface area (TPSA) is 184 Å². The summed E-state index contributed by atoms with van der Waals surface area (Å²) < 4.78 is 20.6. The molecule has 3 aliphatic carbocycles. The van der Waals surface area contributed by atoms with E-state index in [0.717, 1.165) is 0 Å². The maximum Gasteiger partial charge on any atom is 0.255 e. The lowest BCUT2D eigenvalue weighted by molar-refractivity contribution is -0.153. The van der Waals surface area contributed by atoms with Gasteiger partial charge in [-0.1, -0.05) is 12.1 Å². The number of likely N-dealkylation sites (N-methyl/N-ethyl adjacent to an activating group) is 1. The first kappa shape index (κ1) is 35.2. The number of piperazine rings is 1. The number of furan rings is 1. The lowest BCUT2D eigenvalue weighted by Gasteiger charge is -2.50. The van der Waals surface area contributed by atoms with E-state index in [1.807, 2.05) is 30.0 Å². The minimum Gasteiger partial charge on any atom is -0.508 e. The Morgan fingerprint density at radius 1 is 1.04 bits per heavy atom. The fourth-order valence-electron chi connectivity index (χ4n) is 8.56. The smallest absolute Gasteiger partial charge is 0.255 e. The number of ketones is 2. The van der Waals surface area contributed by atoms with Gasteiger partial charge in [0.1, 0.15) is 40.2 Å². The van der Waals surface area contributed by atoms with Crippen LogP contribution in [0.2, 0.25) is 0 Å². The van der Waals surface area contributed by atoms with E-state index in [2.05, 4.69) is 4.90 Å². The minimum absolute atomic E-state index is 0.00274. The Morgan fingerprint density at radius 2 is 1.73 bits per heavy atom. The van der Waals surface area contributed by atoms with E-state index in [4.69, 9.17) is 10.2 Å². The molecule has 2 heterocycles. The lowest BCUT2D eigenvalue weighted by Crippen LogP contribution is -2.65. The summed E-state index contributed by atoms with van der Waals surface area (Å²) in [6, 6.07) is 10.8. The van der Waals surface area contributed by atoms with Gasteiger partial charge in [-0.05, 0) is 68.8 Å². The fourth-order valence-corrected chi connectivity index (χ4v) is 8.56. The number of fused-ring (bicyclic) bond motifs is 3. The number of halogens is 1. The zero-order chi connectivity index (χ0) is 37.4. The van der Waals surface area contributed by atoms with Crippen LogP contribution in [-0.2, 0) is 27.3 Å². The lowest BCUT2D eigenvalue weighted by atomic mass is 9.57. The van der Waals surface area contributed by atoms with E-state index in [-0.39, 0.29) is 41.1 Å². The second-order valence-corrected chi connectivity index (χ2v) is 14.5. The van der Waals surface area contributed by atoms with Gasteiger partial charge in [-0.3, -0.25) is 24.2 Å². The molecule has 14 heteroatoms. The summed E-state index contributed by atoms with van der Waals surface area (Å²) >= 11 is 0. The van der Waals surface area contributed by atoms with Crippen LogP contribution in [0.4, 0.5) is 15.8 Å². The molecular weight excluding hydrogens is 673 g/mol. The van der Waals surface area contributed by atoms with Crippen molar-refractivity contribution in [3.8, 4) is 17.1 Å². The first-order chi connectivity index (χ1) is 24.6. The number of Topliss-reactive ketones (excluding diaryl/α,β-unsaturated/α-hetero) is 2. The van der Waals surface area contributed by atoms with Gasteiger partial charge in [0.2, 0.25) is 5.78 Å². The maximum atomic E-state index is 14.3. The number of rotatable bonds is 7. The molecule has 1 amide bonds. The molecule has 1 saturated carbocycles. The number of nitrogens with two attached hydrogens (primary N) is 1. The van der Waals surface area contributed by atoms with Gasteiger partial charge in [-0.25, -0.2) is 4.39 Å². The van der Waals surface area contributed by atoms with Crippen molar-refractivity contribution in [3.63, 3.8) is 0 Å². The van der Waals surface area contributed by atoms with Gasteiger partial charge >= 0.3 is 0 Å². The van der Waals surface area contributed by atoms with Gasteiger partial charge in [-0.2, -0.15) is 0 Å². The van der Waals surface area contributed by atoms with Crippen LogP contribution in [0.15, 0.2) is 63.8 Å². The third-order valence-electron chi connectivity index (χ3n) is 11.1. The maximum absolute atomic E-state index is 14.3. The van der Waals surface area contributed by atoms with Crippen molar-refractivity contribution in [1.82, 2.24) is 9.80 Å². The highest BCUT2D eigenvalue weighted by atomic mass is 19.1. The van der Waals surface area contributed by atoms with E-state index in [9.17, 15) is 39.2 Å². The first-order valence-electron chi connectivity index (χ1n) is 17.2. The third-order valence-corrected chi connectivity index (χ3v) is 11.1. The molecule has 1 aliphatic heterocycles. The standard InChI is InChI=1S/C38H42FN5O8/c1-41(2)26-17-22(27-10-9-20(52-27)18-43-11-13-44(14-12-43)25-8-6-5-7-24(25)39)32(45)29-21(26)15-19-16-23-31(42(3)4)34(47)30(37(40)50)36(49)38(23,51)35(48)28(19)33(29)46/h5-10,17,19,23,31,45-46,49,51H,11-16,18H2,1-4H3,(H2,40,50)/t19-,23-,31-,38-/m0/s1. The molecule has 274 valence electrons. The van der Waals surface area contributed by atoms with E-state index < -0.39 is 58.0 Å². The van der Waals surface area contributed by atoms with Crippen LogP contribution < -0.4 is 15.5 Å². The molecule has 1 aromatic heterocycles. The molecule has 0 spiro atoms. The predicted molar refractivity (Wildman–Crippen MR) is 190 cm³/mol. The number of nitrogens with zero attached hydrogens (tertiary/aromatic N) is 4. The van der Waals surface area contributed by atoms with Gasteiger partial charge in [0.05, 0.1) is 29.4 Å². The number of para-hydroxylation sites is 1. The van der Waals surface area contributed by atoms with Crippen molar-refractivity contribution in [2.24, 2.45) is 17.6 Å². The highest BCUT2D eigenvalue weighted by molar-refractivity contribution is 6.24. The summed E-state index contributed by atoms with van der Waals surface area (Å²) in [7, 11) is 6.74. The molecule has 7 rings (SSSR count). The Kier molecular flexibility index (Phi) is 8.67. The molecule has 0 unspecified atom stereocenters. The SMILES string of the molecule is CN(C)c1cc(-c2ccc(CN3CCN(c4ccccc4F)CC3)o2)c(O)c2c1C[C@H]1C[C@H]3[C@H](N(C)C)C(=O)C(C(N)=O)=C(O)[C@@]3(O)C(=O)C1=C2O. The van der Waals surface area contributed by atoms with E-state index >= 15 is 0 Å². The number of aromatic hydroxyl groups is 1. The molecule has 0 bridgehead atoms. The third kappa shape index (κ3) is 5.35. The number of phenolic OH excluding ortho intramolecular Hbond substituents is 1. The van der Waals surface area contributed by atoms with Crippen LogP contribution in [0.1, 0.15) is 23.3 Å². The highest BCUT2D eigenvalue weighted by Gasteiger charge is 2.64. The van der Waals surface area contributed by atoms with E-state index in [0.29, 0.717) is 61.2 Å². The van der Waals surface area contributed by atoms with Crippen LogP contribution in [0.5, 0.6) is 5.75 Å². The minimum atomic E-state index is -2.72. The number of amides is 1. The number of primary amides is 1. The van der Waals surface area contributed by atoms with Crippen molar-refractivity contribution in [2.45, 2.75) is 31.0 Å². The van der Waals surface area contributed by atoms with E-state index in [1.54, 1.807) is 44.4 Å².